The van der Waals surface area contributed by atoms with E-state index in [1.165, 1.54) is 4.90 Å². The van der Waals surface area contributed by atoms with Gasteiger partial charge in [0.2, 0.25) is 0 Å². The van der Waals surface area contributed by atoms with Crippen molar-refractivity contribution in [3.63, 3.8) is 0 Å². The lowest BCUT2D eigenvalue weighted by atomic mass is 10.1. The van der Waals surface area contributed by atoms with Gasteiger partial charge in [0.15, 0.2) is 0 Å². The summed E-state index contributed by atoms with van der Waals surface area (Å²) in [5.41, 5.74) is 0. The second kappa shape index (κ2) is 7.19. The van der Waals surface area contributed by atoms with E-state index in [1.807, 2.05) is 0 Å². The monoisotopic (exact) mass is 219 g/mol. The molecule has 0 aromatic carbocycles. The van der Waals surface area contributed by atoms with Gasteiger partial charge < -0.3 is 15.3 Å². The third-order valence-electron chi connectivity index (χ3n) is 2.12. The summed E-state index contributed by atoms with van der Waals surface area (Å²) in [6, 6.07) is -0.342. The molecule has 88 valence electrons. The van der Waals surface area contributed by atoms with Crippen LogP contribution in [0.1, 0.15) is 19.8 Å². The number of aliphatic carboxylic acids is 2. The fraction of sp³-hybridized carbons (Fsp3) is 0.778. The summed E-state index contributed by atoms with van der Waals surface area (Å²) in [7, 11) is 0. The van der Waals surface area contributed by atoms with Crippen molar-refractivity contribution in [2.75, 3.05) is 19.7 Å². The Morgan fingerprint density at radius 3 is 2.20 bits per heavy atom. The first-order valence-electron chi connectivity index (χ1n) is 4.79. The second-order valence-electron chi connectivity index (χ2n) is 3.25. The SMILES string of the molecule is CCC(CC(=O)O)N(CCO)CC(=O)O. The molecule has 0 aliphatic rings. The Hall–Kier alpha value is -1.14. The third-order valence-corrected chi connectivity index (χ3v) is 2.12. The molecule has 0 aliphatic carbocycles. The Labute approximate surface area is 88.1 Å². The second-order valence-corrected chi connectivity index (χ2v) is 3.25. The van der Waals surface area contributed by atoms with Gasteiger partial charge >= 0.3 is 11.9 Å². The van der Waals surface area contributed by atoms with Crippen LogP contribution in [0.3, 0.4) is 0 Å². The molecule has 0 radical (unpaired) electrons. The molecule has 0 saturated carbocycles. The number of carbonyl (C=O) groups is 2. The molecule has 0 spiro atoms. The maximum atomic E-state index is 10.5. The Morgan fingerprint density at radius 1 is 1.27 bits per heavy atom. The third kappa shape index (κ3) is 6.03. The largest absolute Gasteiger partial charge is 0.481 e. The number of hydrogen-bond acceptors (Lipinski definition) is 4. The first kappa shape index (κ1) is 13.9. The molecule has 0 aromatic rings. The van der Waals surface area contributed by atoms with Crippen LogP contribution in [-0.2, 0) is 9.59 Å². The van der Waals surface area contributed by atoms with Crippen LogP contribution in [0.25, 0.3) is 0 Å². The number of rotatable bonds is 8. The van der Waals surface area contributed by atoms with Crippen LogP contribution in [0.4, 0.5) is 0 Å². The molecular formula is C9H17NO5. The molecule has 0 rings (SSSR count). The first-order valence-corrected chi connectivity index (χ1v) is 4.79. The van der Waals surface area contributed by atoms with Crippen molar-refractivity contribution in [2.45, 2.75) is 25.8 Å². The van der Waals surface area contributed by atoms with E-state index in [9.17, 15) is 9.59 Å². The summed E-state index contributed by atoms with van der Waals surface area (Å²) in [4.78, 5) is 22.5. The van der Waals surface area contributed by atoms with Crippen molar-refractivity contribution < 1.29 is 24.9 Å². The van der Waals surface area contributed by atoms with Gasteiger partial charge in [0.25, 0.3) is 0 Å². The van der Waals surface area contributed by atoms with E-state index in [0.717, 1.165) is 0 Å². The van der Waals surface area contributed by atoms with Crippen molar-refractivity contribution in [2.24, 2.45) is 0 Å². The lowest BCUT2D eigenvalue weighted by Crippen LogP contribution is -2.41. The molecule has 15 heavy (non-hydrogen) atoms. The lowest BCUT2D eigenvalue weighted by Gasteiger charge is -2.27. The first-order chi connectivity index (χ1) is 7.01. The van der Waals surface area contributed by atoms with E-state index >= 15 is 0 Å². The quantitative estimate of drug-likeness (QED) is 0.514. The zero-order valence-corrected chi connectivity index (χ0v) is 8.72. The summed E-state index contributed by atoms with van der Waals surface area (Å²) < 4.78 is 0. The highest BCUT2D eigenvalue weighted by Gasteiger charge is 2.21. The van der Waals surface area contributed by atoms with Crippen LogP contribution >= 0.6 is 0 Å². The zero-order chi connectivity index (χ0) is 11.8. The molecule has 0 fully saturated rings. The molecule has 0 aromatic heterocycles. The van der Waals surface area contributed by atoms with E-state index in [2.05, 4.69) is 0 Å². The fourth-order valence-electron chi connectivity index (χ4n) is 1.43. The van der Waals surface area contributed by atoms with Gasteiger partial charge in [-0.3, -0.25) is 14.5 Å². The molecule has 6 nitrogen and oxygen atoms in total. The van der Waals surface area contributed by atoms with Gasteiger partial charge in [0.05, 0.1) is 19.6 Å². The van der Waals surface area contributed by atoms with E-state index in [-0.39, 0.29) is 32.2 Å². The van der Waals surface area contributed by atoms with Gasteiger partial charge in [0.1, 0.15) is 0 Å². The van der Waals surface area contributed by atoms with Crippen molar-refractivity contribution in [1.29, 1.82) is 0 Å². The maximum Gasteiger partial charge on any atom is 0.317 e. The average Bonchev–Trinajstić information content (AvgIpc) is 2.12. The van der Waals surface area contributed by atoms with Gasteiger partial charge in [-0.1, -0.05) is 6.92 Å². The minimum Gasteiger partial charge on any atom is -0.481 e. The molecule has 1 atom stereocenters. The topological polar surface area (TPSA) is 98.1 Å². The summed E-state index contributed by atoms with van der Waals surface area (Å²) >= 11 is 0. The molecule has 0 heterocycles. The van der Waals surface area contributed by atoms with Crippen molar-refractivity contribution in [3.8, 4) is 0 Å². The highest BCUT2D eigenvalue weighted by Crippen LogP contribution is 2.08. The number of hydrogen-bond donors (Lipinski definition) is 3. The maximum absolute atomic E-state index is 10.5. The predicted octanol–water partition coefficient (Wildman–Crippen LogP) is -0.381. The minimum atomic E-state index is -1.02. The Balaban J connectivity index is 4.38. The summed E-state index contributed by atoms with van der Waals surface area (Å²) in [6.07, 6.45) is 0.434. The minimum absolute atomic E-state index is 0.107. The van der Waals surface area contributed by atoms with Crippen LogP contribution in [0, 0.1) is 0 Å². The van der Waals surface area contributed by atoms with Gasteiger partial charge in [-0.15, -0.1) is 0 Å². The molecular weight excluding hydrogens is 202 g/mol. The molecule has 0 bridgehead atoms. The molecule has 0 aliphatic heterocycles. The van der Waals surface area contributed by atoms with E-state index < -0.39 is 11.9 Å². The fourth-order valence-corrected chi connectivity index (χ4v) is 1.43. The highest BCUT2D eigenvalue weighted by molar-refractivity contribution is 5.70. The van der Waals surface area contributed by atoms with E-state index in [1.54, 1.807) is 6.92 Å². The van der Waals surface area contributed by atoms with Crippen LogP contribution in [0.2, 0.25) is 0 Å². The molecule has 1 unspecified atom stereocenters. The standard InChI is InChI=1S/C9H17NO5/c1-2-7(5-8(12)13)10(3-4-11)6-9(14)15/h7,11H,2-6H2,1H3,(H,12,13)(H,14,15). The molecule has 6 heteroatoms. The number of aliphatic hydroxyl groups excluding tert-OH is 1. The van der Waals surface area contributed by atoms with Gasteiger partial charge in [-0.25, -0.2) is 0 Å². The van der Waals surface area contributed by atoms with Crippen molar-refractivity contribution in [1.82, 2.24) is 4.90 Å². The number of aliphatic hydroxyl groups is 1. The zero-order valence-electron chi connectivity index (χ0n) is 8.72. The van der Waals surface area contributed by atoms with Crippen molar-refractivity contribution >= 4 is 11.9 Å². The molecule has 3 N–H and O–H groups in total. The van der Waals surface area contributed by atoms with Gasteiger partial charge in [-0.2, -0.15) is 0 Å². The molecule has 0 saturated heterocycles. The Morgan fingerprint density at radius 2 is 1.87 bits per heavy atom. The van der Waals surface area contributed by atoms with Crippen molar-refractivity contribution in [3.05, 3.63) is 0 Å². The number of carboxylic acid groups (broad SMARTS) is 2. The number of nitrogens with zero attached hydrogens (tertiary/aromatic N) is 1. The Bertz CT molecular complexity index is 219. The van der Waals surface area contributed by atoms with Crippen LogP contribution < -0.4 is 0 Å². The van der Waals surface area contributed by atoms with E-state index in [0.29, 0.717) is 6.42 Å². The number of carboxylic acids is 2. The van der Waals surface area contributed by atoms with Crippen LogP contribution in [0.5, 0.6) is 0 Å². The van der Waals surface area contributed by atoms with Crippen LogP contribution in [0.15, 0.2) is 0 Å². The van der Waals surface area contributed by atoms with Gasteiger partial charge in [0, 0.05) is 12.6 Å². The van der Waals surface area contributed by atoms with Gasteiger partial charge in [-0.05, 0) is 6.42 Å². The van der Waals surface area contributed by atoms with E-state index in [4.69, 9.17) is 15.3 Å². The van der Waals surface area contributed by atoms with Crippen LogP contribution in [-0.4, -0.2) is 57.9 Å². The molecule has 0 amide bonds. The average molecular weight is 219 g/mol. The predicted molar refractivity (Wildman–Crippen MR) is 52.6 cm³/mol. The Kier molecular flexibility index (Phi) is 6.64. The summed E-state index contributed by atoms with van der Waals surface area (Å²) in [6.45, 7) is 1.55. The summed E-state index contributed by atoms with van der Waals surface area (Å²) in [5.74, 6) is -1.98. The smallest absolute Gasteiger partial charge is 0.317 e. The highest BCUT2D eigenvalue weighted by atomic mass is 16.4. The normalized spacial score (nSPS) is 12.7. The lowest BCUT2D eigenvalue weighted by molar-refractivity contribution is -0.142. The summed E-state index contributed by atoms with van der Waals surface area (Å²) in [5, 5.41) is 26.0.